The summed E-state index contributed by atoms with van der Waals surface area (Å²) in [7, 11) is 0. The molecule has 0 unspecified atom stereocenters. The second kappa shape index (κ2) is 7.16. The predicted octanol–water partition coefficient (Wildman–Crippen LogP) is 5.86. The van der Waals surface area contributed by atoms with Crippen molar-refractivity contribution in [2.45, 2.75) is 13.8 Å². The van der Waals surface area contributed by atoms with Crippen molar-refractivity contribution < 1.29 is 0 Å². The van der Waals surface area contributed by atoms with E-state index in [2.05, 4.69) is 54.7 Å². The first-order chi connectivity index (χ1) is 13.6. The minimum absolute atomic E-state index is 0.702. The van der Waals surface area contributed by atoms with Crippen LogP contribution in [0.25, 0.3) is 23.0 Å². The topological polar surface area (TPSA) is 41.1 Å². The highest BCUT2D eigenvalue weighted by atomic mass is 15.3. The number of nitrogens with zero attached hydrogens (tertiary/aromatic N) is 3. The van der Waals surface area contributed by atoms with E-state index in [1.54, 1.807) is 0 Å². The Labute approximate surface area is 165 Å². The molecule has 1 N–H and O–H groups in total. The van der Waals surface area contributed by atoms with Gasteiger partial charge in [0.1, 0.15) is 11.6 Å². The second-order valence-electron chi connectivity index (χ2n) is 6.70. The van der Waals surface area contributed by atoms with E-state index in [-0.39, 0.29) is 0 Å². The van der Waals surface area contributed by atoms with Crippen molar-refractivity contribution in [2.24, 2.45) is 0 Å². The SMILES string of the molecule is C=C1Nc2nc(-c3ccccc3)ccc2C(=C)N1c1cncc(C)c1/C=C\C. The second-order valence-corrected chi connectivity index (χ2v) is 6.70. The van der Waals surface area contributed by atoms with E-state index >= 15 is 0 Å². The zero-order chi connectivity index (χ0) is 19.7. The molecule has 0 bridgehead atoms. The molecule has 3 heterocycles. The first-order valence-corrected chi connectivity index (χ1v) is 9.19. The molecule has 138 valence electrons. The van der Waals surface area contributed by atoms with Crippen LogP contribution in [0.3, 0.4) is 0 Å². The lowest BCUT2D eigenvalue weighted by molar-refractivity contribution is 1.09. The predicted molar refractivity (Wildman–Crippen MR) is 118 cm³/mol. The third-order valence-electron chi connectivity index (χ3n) is 4.82. The zero-order valence-corrected chi connectivity index (χ0v) is 16.1. The van der Waals surface area contributed by atoms with E-state index in [0.29, 0.717) is 5.82 Å². The monoisotopic (exact) mass is 366 g/mol. The number of aromatic nitrogens is 2. The van der Waals surface area contributed by atoms with Crippen molar-refractivity contribution in [1.82, 2.24) is 9.97 Å². The van der Waals surface area contributed by atoms with Gasteiger partial charge in [0, 0.05) is 22.9 Å². The maximum atomic E-state index is 4.80. The fourth-order valence-electron chi connectivity index (χ4n) is 3.45. The van der Waals surface area contributed by atoms with Crippen molar-refractivity contribution >= 4 is 23.3 Å². The average molecular weight is 366 g/mol. The van der Waals surface area contributed by atoms with Crippen LogP contribution < -0.4 is 10.2 Å². The largest absolute Gasteiger partial charge is 0.326 e. The van der Waals surface area contributed by atoms with Gasteiger partial charge in [-0.05, 0) is 31.5 Å². The van der Waals surface area contributed by atoms with Crippen LogP contribution in [0.15, 0.2) is 79.9 Å². The molecule has 0 aliphatic carbocycles. The van der Waals surface area contributed by atoms with Gasteiger partial charge < -0.3 is 5.32 Å². The molecule has 1 aromatic carbocycles. The van der Waals surface area contributed by atoms with E-state index in [1.165, 1.54) is 0 Å². The van der Waals surface area contributed by atoms with Gasteiger partial charge in [0.05, 0.1) is 23.3 Å². The van der Waals surface area contributed by atoms with Gasteiger partial charge in [0.25, 0.3) is 0 Å². The number of hydrogen-bond acceptors (Lipinski definition) is 4. The molecule has 1 aliphatic heterocycles. The summed E-state index contributed by atoms with van der Waals surface area (Å²) >= 11 is 0. The lowest BCUT2D eigenvalue weighted by Gasteiger charge is -2.35. The molecule has 0 amide bonds. The number of rotatable bonds is 3. The lowest BCUT2D eigenvalue weighted by Crippen LogP contribution is -2.30. The molecule has 0 radical (unpaired) electrons. The molecule has 1 aliphatic rings. The van der Waals surface area contributed by atoms with Gasteiger partial charge in [-0.15, -0.1) is 0 Å². The maximum absolute atomic E-state index is 4.80. The summed E-state index contributed by atoms with van der Waals surface area (Å²) in [6.45, 7) is 12.6. The Morgan fingerprint density at radius 3 is 2.57 bits per heavy atom. The Hall–Kier alpha value is -3.66. The molecule has 0 atom stereocenters. The highest BCUT2D eigenvalue weighted by Crippen LogP contribution is 2.39. The van der Waals surface area contributed by atoms with Crippen LogP contribution in [0.2, 0.25) is 0 Å². The molecule has 4 heteroatoms. The van der Waals surface area contributed by atoms with E-state index in [9.17, 15) is 0 Å². The summed E-state index contributed by atoms with van der Waals surface area (Å²) in [6, 6.07) is 14.2. The van der Waals surface area contributed by atoms with Gasteiger partial charge in [-0.3, -0.25) is 9.88 Å². The van der Waals surface area contributed by atoms with E-state index in [4.69, 9.17) is 4.98 Å². The van der Waals surface area contributed by atoms with Gasteiger partial charge in [-0.25, -0.2) is 4.98 Å². The summed E-state index contributed by atoms with van der Waals surface area (Å²) < 4.78 is 0. The quantitative estimate of drug-likeness (QED) is 0.630. The Morgan fingerprint density at radius 2 is 1.82 bits per heavy atom. The number of fused-ring (bicyclic) bond motifs is 1. The highest BCUT2D eigenvalue weighted by Gasteiger charge is 2.27. The van der Waals surface area contributed by atoms with Crippen molar-refractivity contribution in [3.8, 4) is 11.3 Å². The van der Waals surface area contributed by atoms with Crippen molar-refractivity contribution in [1.29, 1.82) is 0 Å². The summed E-state index contributed by atoms with van der Waals surface area (Å²) in [6.07, 6.45) is 7.82. The Morgan fingerprint density at radius 1 is 1.04 bits per heavy atom. The van der Waals surface area contributed by atoms with Crippen molar-refractivity contribution in [3.63, 3.8) is 0 Å². The minimum Gasteiger partial charge on any atom is -0.326 e. The van der Waals surface area contributed by atoms with Gasteiger partial charge in [-0.2, -0.15) is 0 Å². The minimum atomic E-state index is 0.702. The molecule has 4 nitrogen and oxygen atoms in total. The number of anilines is 2. The van der Waals surface area contributed by atoms with Gasteiger partial charge >= 0.3 is 0 Å². The number of aryl methyl sites for hydroxylation is 1. The molecular formula is C24H22N4. The number of benzene rings is 1. The molecule has 0 fully saturated rings. The van der Waals surface area contributed by atoms with Crippen LogP contribution in [0, 0.1) is 6.92 Å². The number of nitrogens with one attached hydrogen (secondary N) is 1. The normalized spacial score (nSPS) is 13.6. The third kappa shape index (κ3) is 2.99. The number of hydrogen-bond donors (Lipinski definition) is 1. The number of allylic oxidation sites excluding steroid dienone is 1. The van der Waals surface area contributed by atoms with Gasteiger partial charge in [0.2, 0.25) is 0 Å². The summed E-state index contributed by atoms with van der Waals surface area (Å²) in [5.41, 5.74) is 6.89. The van der Waals surface area contributed by atoms with Crippen molar-refractivity contribution in [3.05, 3.63) is 96.6 Å². The van der Waals surface area contributed by atoms with Gasteiger partial charge in [0.15, 0.2) is 0 Å². The average Bonchev–Trinajstić information content (AvgIpc) is 2.70. The molecule has 0 saturated heterocycles. The summed E-state index contributed by atoms with van der Waals surface area (Å²) in [5.74, 6) is 1.47. The highest BCUT2D eigenvalue weighted by molar-refractivity contribution is 5.93. The van der Waals surface area contributed by atoms with Crippen LogP contribution in [0.4, 0.5) is 11.5 Å². The van der Waals surface area contributed by atoms with E-state index in [0.717, 1.165) is 45.2 Å². The van der Waals surface area contributed by atoms with Crippen molar-refractivity contribution in [2.75, 3.05) is 10.2 Å². The zero-order valence-electron chi connectivity index (χ0n) is 16.1. The summed E-state index contributed by atoms with van der Waals surface area (Å²) in [5, 5.41) is 3.35. The maximum Gasteiger partial charge on any atom is 0.141 e. The van der Waals surface area contributed by atoms with Gasteiger partial charge in [-0.1, -0.05) is 55.6 Å². The van der Waals surface area contributed by atoms with Crippen LogP contribution in [0.5, 0.6) is 0 Å². The first-order valence-electron chi connectivity index (χ1n) is 9.19. The molecule has 0 spiro atoms. The molecule has 4 rings (SSSR count). The molecule has 3 aromatic rings. The third-order valence-corrected chi connectivity index (χ3v) is 4.82. The molecule has 2 aromatic heterocycles. The smallest absolute Gasteiger partial charge is 0.141 e. The standard InChI is InChI=1S/C24H22N4/c1-5-9-20-16(2)14-25-15-23(20)28-17(3)21-12-13-22(19-10-7-6-8-11-19)27-24(21)26-18(28)4/h5-15H,3-4H2,1-2H3,(H,26,27)/b9-5-. The Kier molecular flexibility index (Phi) is 4.53. The Balaban J connectivity index is 1.78. The van der Waals surface area contributed by atoms with Crippen LogP contribution >= 0.6 is 0 Å². The van der Waals surface area contributed by atoms with Crippen LogP contribution in [-0.2, 0) is 0 Å². The molecular weight excluding hydrogens is 344 g/mol. The van der Waals surface area contributed by atoms with Crippen LogP contribution in [0.1, 0.15) is 23.6 Å². The van der Waals surface area contributed by atoms with Crippen LogP contribution in [-0.4, -0.2) is 9.97 Å². The first kappa shape index (κ1) is 17.7. The Bertz CT molecular complexity index is 1100. The summed E-state index contributed by atoms with van der Waals surface area (Å²) in [4.78, 5) is 11.2. The lowest BCUT2D eigenvalue weighted by atomic mass is 10.0. The number of pyridine rings is 2. The molecule has 0 saturated carbocycles. The fourth-order valence-corrected chi connectivity index (χ4v) is 3.45. The fraction of sp³-hybridized carbons (Fsp3) is 0.0833. The van der Waals surface area contributed by atoms with E-state index < -0.39 is 0 Å². The molecule has 28 heavy (non-hydrogen) atoms. The van der Waals surface area contributed by atoms with E-state index in [1.807, 2.05) is 54.6 Å².